The van der Waals surface area contributed by atoms with Crippen LogP contribution in [0, 0.1) is 11.3 Å². The minimum absolute atomic E-state index is 0.0292. The summed E-state index contributed by atoms with van der Waals surface area (Å²) in [5, 5.41) is 12.9. The lowest BCUT2D eigenvalue weighted by molar-refractivity contribution is 0.268. The second kappa shape index (κ2) is 7.82. The summed E-state index contributed by atoms with van der Waals surface area (Å²) in [5.74, 6) is 0.655. The standard InChI is InChI=1S/C22H22N4O2S/c1-16-4-2-3-13-26(16)29(27,28)20-10-11-21-18(14-20)7-12-22(25-21)24-19-8-5-17(15-23)6-9-19/h5-12,14,16H,2-4,13H2,1H3,(H,24,25)/t16-/m1/s1. The molecule has 1 atom stereocenters. The highest BCUT2D eigenvalue weighted by Crippen LogP contribution is 2.27. The van der Waals surface area contributed by atoms with Crippen molar-refractivity contribution >= 4 is 32.4 Å². The van der Waals surface area contributed by atoms with Crippen molar-refractivity contribution < 1.29 is 8.42 Å². The van der Waals surface area contributed by atoms with E-state index in [9.17, 15) is 8.42 Å². The lowest BCUT2D eigenvalue weighted by Gasteiger charge is -2.32. The molecule has 4 rings (SSSR count). The van der Waals surface area contributed by atoms with Gasteiger partial charge in [0, 0.05) is 23.7 Å². The summed E-state index contributed by atoms with van der Waals surface area (Å²) in [6.07, 6.45) is 2.88. The van der Waals surface area contributed by atoms with E-state index in [0.29, 0.717) is 28.3 Å². The van der Waals surface area contributed by atoms with E-state index < -0.39 is 10.0 Å². The van der Waals surface area contributed by atoms with Crippen LogP contribution in [0.3, 0.4) is 0 Å². The van der Waals surface area contributed by atoms with Gasteiger partial charge < -0.3 is 5.32 Å². The third-order valence-corrected chi connectivity index (χ3v) is 7.31. The Bertz CT molecular complexity index is 1180. The monoisotopic (exact) mass is 406 g/mol. The van der Waals surface area contributed by atoms with Crippen molar-refractivity contribution in [2.24, 2.45) is 0 Å². The molecule has 6 nitrogen and oxygen atoms in total. The van der Waals surface area contributed by atoms with Crippen molar-refractivity contribution in [3.8, 4) is 6.07 Å². The second-order valence-corrected chi connectivity index (χ2v) is 9.22. The van der Waals surface area contributed by atoms with Gasteiger partial charge in [0.05, 0.1) is 22.0 Å². The molecule has 0 radical (unpaired) electrons. The minimum Gasteiger partial charge on any atom is -0.340 e. The van der Waals surface area contributed by atoms with Crippen molar-refractivity contribution in [3.63, 3.8) is 0 Å². The van der Waals surface area contributed by atoms with Gasteiger partial charge in [-0.2, -0.15) is 9.57 Å². The summed E-state index contributed by atoms with van der Waals surface area (Å²) in [6, 6.07) is 18.0. The Labute approximate surface area is 170 Å². The molecule has 1 N–H and O–H groups in total. The quantitative estimate of drug-likeness (QED) is 0.693. The lowest BCUT2D eigenvalue weighted by Crippen LogP contribution is -2.41. The Morgan fingerprint density at radius 2 is 1.90 bits per heavy atom. The molecule has 0 bridgehead atoms. The predicted octanol–water partition coefficient (Wildman–Crippen LogP) is 4.41. The topological polar surface area (TPSA) is 86.1 Å². The van der Waals surface area contributed by atoms with Gasteiger partial charge in [-0.1, -0.05) is 6.42 Å². The molecule has 7 heteroatoms. The van der Waals surface area contributed by atoms with Crippen LogP contribution in [0.2, 0.25) is 0 Å². The minimum atomic E-state index is -3.50. The maximum absolute atomic E-state index is 13.1. The first-order valence-corrected chi connectivity index (χ1v) is 11.1. The van der Waals surface area contributed by atoms with Gasteiger partial charge >= 0.3 is 0 Å². The number of nitriles is 1. The summed E-state index contributed by atoms with van der Waals surface area (Å²) in [6.45, 7) is 2.55. The van der Waals surface area contributed by atoms with Gasteiger partial charge in [0.2, 0.25) is 10.0 Å². The highest BCUT2D eigenvalue weighted by Gasteiger charge is 2.31. The summed E-state index contributed by atoms with van der Waals surface area (Å²) in [7, 11) is -3.50. The third kappa shape index (κ3) is 3.95. The van der Waals surface area contributed by atoms with Crippen LogP contribution in [0.4, 0.5) is 11.5 Å². The van der Waals surface area contributed by atoms with Crippen LogP contribution < -0.4 is 5.32 Å². The molecular formula is C22H22N4O2S. The van der Waals surface area contributed by atoms with Crippen molar-refractivity contribution in [1.82, 2.24) is 9.29 Å². The number of benzene rings is 2. The molecule has 1 aromatic heterocycles. The van der Waals surface area contributed by atoms with Crippen LogP contribution in [0.25, 0.3) is 10.9 Å². The second-order valence-electron chi connectivity index (χ2n) is 7.33. The fourth-order valence-corrected chi connectivity index (χ4v) is 5.41. The lowest BCUT2D eigenvalue weighted by atomic mass is 10.1. The first-order chi connectivity index (χ1) is 14.0. The molecule has 1 saturated heterocycles. The molecule has 0 amide bonds. The van der Waals surface area contributed by atoms with E-state index in [4.69, 9.17) is 5.26 Å². The number of anilines is 2. The Balaban J connectivity index is 1.60. The Morgan fingerprint density at radius 1 is 1.10 bits per heavy atom. The fraction of sp³-hybridized carbons (Fsp3) is 0.273. The summed E-state index contributed by atoms with van der Waals surface area (Å²) >= 11 is 0. The average molecular weight is 407 g/mol. The number of pyridine rings is 1. The average Bonchev–Trinajstić information content (AvgIpc) is 2.74. The van der Waals surface area contributed by atoms with E-state index in [2.05, 4.69) is 16.4 Å². The predicted molar refractivity (Wildman–Crippen MR) is 113 cm³/mol. The van der Waals surface area contributed by atoms with E-state index in [1.165, 1.54) is 0 Å². The largest absolute Gasteiger partial charge is 0.340 e. The van der Waals surface area contributed by atoms with Gasteiger partial charge in [-0.3, -0.25) is 0 Å². The number of aromatic nitrogens is 1. The molecule has 3 aromatic rings. The first kappa shape index (κ1) is 19.4. The maximum Gasteiger partial charge on any atom is 0.243 e. The molecule has 1 aliphatic heterocycles. The third-order valence-electron chi connectivity index (χ3n) is 5.30. The maximum atomic E-state index is 13.1. The molecule has 1 fully saturated rings. The van der Waals surface area contributed by atoms with Crippen molar-refractivity contribution in [2.45, 2.75) is 37.1 Å². The van der Waals surface area contributed by atoms with Gasteiger partial charge in [-0.25, -0.2) is 13.4 Å². The normalized spacial score (nSPS) is 17.7. The van der Waals surface area contributed by atoms with E-state index in [1.807, 2.05) is 31.2 Å². The smallest absolute Gasteiger partial charge is 0.243 e. The van der Waals surface area contributed by atoms with Crippen LogP contribution in [0.15, 0.2) is 59.5 Å². The van der Waals surface area contributed by atoms with Crippen LogP contribution in [0.5, 0.6) is 0 Å². The number of piperidine rings is 1. The van der Waals surface area contributed by atoms with Crippen molar-refractivity contribution in [1.29, 1.82) is 5.26 Å². The summed E-state index contributed by atoms with van der Waals surface area (Å²) in [4.78, 5) is 4.89. The van der Waals surface area contributed by atoms with E-state index in [1.54, 1.807) is 34.6 Å². The number of nitrogens with one attached hydrogen (secondary N) is 1. The van der Waals surface area contributed by atoms with E-state index >= 15 is 0 Å². The highest BCUT2D eigenvalue weighted by atomic mass is 32.2. The molecule has 2 aromatic carbocycles. The zero-order chi connectivity index (χ0) is 20.4. The Morgan fingerprint density at radius 3 is 2.62 bits per heavy atom. The molecule has 0 spiro atoms. The zero-order valence-electron chi connectivity index (χ0n) is 16.2. The molecule has 2 heterocycles. The summed E-state index contributed by atoms with van der Waals surface area (Å²) in [5.41, 5.74) is 2.14. The van der Waals surface area contributed by atoms with Crippen LogP contribution in [0.1, 0.15) is 31.7 Å². The molecule has 1 aliphatic rings. The number of hydrogen-bond acceptors (Lipinski definition) is 5. The number of rotatable bonds is 4. The number of fused-ring (bicyclic) bond motifs is 1. The van der Waals surface area contributed by atoms with Gasteiger partial charge in [0.15, 0.2) is 0 Å². The number of hydrogen-bond donors (Lipinski definition) is 1. The van der Waals surface area contributed by atoms with Gasteiger partial charge in [-0.15, -0.1) is 0 Å². The molecular weight excluding hydrogens is 384 g/mol. The fourth-order valence-electron chi connectivity index (χ4n) is 3.67. The van der Waals surface area contributed by atoms with E-state index in [0.717, 1.165) is 30.3 Å². The van der Waals surface area contributed by atoms with Gasteiger partial charge in [0.25, 0.3) is 0 Å². The molecule has 0 aliphatic carbocycles. The number of nitrogens with zero attached hydrogens (tertiary/aromatic N) is 3. The molecule has 0 unspecified atom stereocenters. The van der Waals surface area contributed by atoms with Crippen molar-refractivity contribution in [3.05, 3.63) is 60.2 Å². The molecule has 0 saturated carbocycles. The van der Waals surface area contributed by atoms with E-state index in [-0.39, 0.29) is 6.04 Å². The molecule has 148 valence electrons. The SMILES string of the molecule is C[C@@H]1CCCCN1S(=O)(=O)c1ccc2nc(Nc3ccc(C#N)cc3)ccc2c1. The zero-order valence-corrected chi connectivity index (χ0v) is 17.0. The van der Waals surface area contributed by atoms with Gasteiger partial charge in [-0.05, 0) is 74.4 Å². The van der Waals surface area contributed by atoms with Crippen LogP contribution in [-0.2, 0) is 10.0 Å². The van der Waals surface area contributed by atoms with Gasteiger partial charge in [0.1, 0.15) is 5.82 Å². The molecule has 29 heavy (non-hydrogen) atoms. The summed E-state index contributed by atoms with van der Waals surface area (Å²) < 4.78 is 27.8. The number of sulfonamides is 1. The Hall–Kier alpha value is -2.95. The Kier molecular flexibility index (Phi) is 5.22. The van der Waals surface area contributed by atoms with Crippen LogP contribution in [-0.4, -0.2) is 30.3 Å². The van der Waals surface area contributed by atoms with Crippen molar-refractivity contribution in [2.75, 3.05) is 11.9 Å². The highest BCUT2D eigenvalue weighted by molar-refractivity contribution is 7.89. The van der Waals surface area contributed by atoms with Crippen LogP contribution >= 0.6 is 0 Å². The first-order valence-electron chi connectivity index (χ1n) is 9.67.